The predicted octanol–water partition coefficient (Wildman–Crippen LogP) is 5.04. The maximum Gasteiger partial charge on any atom is 0.339 e. The highest BCUT2D eigenvalue weighted by atomic mass is 35.5. The molecule has 0 aliphatic carbocycles. The van der Waals surface area contributed by atoms with Gasteiger partial charge < -0.3 is 10.1 Å². The number of carbonyl (C=O) groups excluding carboxylic acids is 2. The number of carbonyl (C=O) groups is 2. The van der Waals surface area contributed by atoms with Crippen LogP contribution < -0.4 is 5.32 Å². The van der Waals surface area contributed by atoms with Gasteiger partial charge in [-0.15, -0.1) is 0 Å². The van der Waals surface area contributed by atoms with Crippen LogP contribution >= 0.6 is 11.6 Å². The summed E-state index contributed by atoms with van der Waals surface area (Å²) < 4.78 is 5.24. The van der Waals surface area contributed by atoms with Crippen molar-refractivity contribution in [3.8, 4) is 11.1 Å². The Morgan fingerprint density at radius 2 is 1.57 bits per heavy atom. The van der Waals surface area contributed by atoms with Crippen LogP contribution in [0.15, 0.2) is 78.9 Å². The third-order valence-corrected chi connectivity index (χ3v) is 4.57. The molecule has 28 heavy (non-hydrogen) atoms. The van der Waals surface area contributed by atoms with Crippen LogP contribution in [-0.2, 0) is 9.53 Å². The van der Waals surface area contributed by atoms with Crippen molar-refractivity contribution in [3.05, 3.63) is 95.0 Å². The van der Waals surface area contributed by atoms with E-state index in [0.29, 0.717) is 10.6 Å². The number of benzene rings is 3. The van der Waals surface area contributed by atoms with Crippen molar-refractivity contribution in [1.29, 1.82) is 0 Å². The van der Waals surface area contributed by atoms with Crippen LogP contribution in [0, 0.1) is 0 Å². The Labute approximate surface area is 169 Å². The molecule has 1 N–H and O–H groups in total. The molecule has 0 saturated carbocycles. The quantitative estimate of drug-likeness (QED) is 0.597. The first-order valence-electron chi connectivity index (χ1n) is 8.91. The molecule has 1 amide bonds. The molecule has 0 radical (unpaired) electrons. The SMILES string of the molecule is C[C@@H](NC(=O)COC(=O)c1ccccc1-c1ccccc1)c1ccc(Cl)cc1. The summed E-state index contributed by atoms with van der Waals surface area (Å²) >= 11 is 5.88. The molecule has 0 saturated heterocycles. The van der Waals surface area contributed by atoms with Gasteiger partial charge in [0.1, 0.15) is 0 Å². The van der Waals surface area contributed by atoms with Crippen molar-refractivity contribution >= 4 is 23.5 Å². The lowest BCUT2D eigenvalue weighted by molar-refractivity contribution is -0.124. The largest absolute Gasteiger partial charge is 0.452 e. The Hall–Kier alpha value is -3.11. The Bertz CT molecular complexity index is 955. The van der Waals surface area contributed by atoms with E-state index < -0.39 is 5.97 Å². The Balaban J connectivity index is 1.61. The fourth-order valence-electron chi connectivity index (χ4n) is 2.86. The second-order valence-electron chi connectivity index (χ2n) is 6.33. The Kier molecular flexibility index (Phi) is 6.45. The number of rotatable bonds is 6. The van der Waals surface area contributed by atoms with Gasteiger partial charge in [-0.2, -0.15) is 0 Å². The Morgan fingerprint density at radius 1 is 0.929 bits per heavy atom. The van der Waals surface area contributed by atoms with E-state index in [1.165, 1.54) is 0 Å². The van der Waals surface area contributed by atoms with Crippen LogP contribution in [0.4, 0.5) is 0 Å². The Morgan fingerprint density at radius 3 is 2.29 bits per heavy atom. The lowest BCUT2D eigenvalue weighted by Gasteiger charge is -2.15. The van der Waals surface area contributed by atoms with Crippen LogP contribution in [0.3, 0.4) is 0 Å². The summed E-state index contributed by atoms with van der Waals surface area (Å²) in [6, 6.07) is 23.7. The van der Waals surface area contributed by atoms with Gasteiger partial charge in [-0.1, -0.05) is 72.3 Å². The van der Waals surface area contributed by atoms with E-state index in [9.17, 15) is 9.59 Å². The van der Waals surface area contributed by atoms with Gasteiger partial charge in [0, 0.05) is 5.02 Å². The second kappa shape index (κ2) is 9.20. The van der Waals surface area contributed by atoms with Crippen LogP contribution in [0.2, 0.25) is 5.02 Å². The first-order chi connectivity index (χ1) is 13.5. The van der Waals surface area contributed by atoms with E-state index in [1.807, 2.05) is 61.5 Å². The number of esters is 1. The van der Waals surface area contributed by atoms with Crippen LogP contribution in [-0.4, -0.2) is 18.5 Å². The number of hydrogen-bond acceptors (Lipinski definition) is 3. The number of hydrogen-bond donors (Lipinski definition) is 1. The molecule has 3 aromatic rings. The average Bonchev–Trinajstić information content (AvgIpc) is 2.73. The van der Waals surface area contributed by atoms with Crippen molar-refractivity contribution in [1.82, 2.24) is 5.32 Å². The minimum absolute atomic E-state index is 0.222. The molecular formula is C23H20ClNO3. The zero-order valence-corrected chi connectivity index (χ0v) is 16.1. The zero-order valence-electron chi connectivity index (χ0n) is 15.4. The van der Waals surface area contributed by atoms with Gasteiger partial charge in [-0.3, -0.25) is 4.79 Å². The van der Waals surface area contributed by atoms with E-state index in [2.05, 4.69) is 5.32 Å². The number of ether oxygens (including phenoxy) is 1. The van der Waals surface area contributed by atoms with Gasteiger partial charge in [0.05, 0.1) is 11.6 Å². The maximum atomic E-state index is 12.5. The third kappa shape index (κ3) is 4.99. The predicted molar refractivity (Wildman–Crippen MR) is 110 cm³/mol. The minimum Gasteiger partial charge on any atom is -0.452 e. The summed E-state index contributed by atoms with van der Waals surface area (Å²) in [6.45, 7) is 1.51. The summed E-state index contributed by atoms with van der Waals surface area (Å²) in [5.74, 6) is -0.901. The molecule has 0 spiro atoms. The normalized spacial score (nSPS) is 11.5. The lowest BCUT2D eigenvalue weighted by Crippen LogP contribution is -2.31. The van der Waals surface area contributed by atoms with Crippen LogP contribution in [0.1, 0.15) is 28.9 Å². The fourth-order valence-corrected chi connectivity index (χ4v) is 2.98. The fraction of sp³-hybridized carbons (Fsp3) is 0.130. The summed E-state index contributed by atoms with van der Waals surface area (Å²) in [4.78, 5) is 24.7. The van der Waals surface area contributed by atoms with Gasteiger partial charge in [0.2, 0.25) is 0 Å². The van der Waals surface area contributed by atoms with E-state index >= 15 is 0 Å². The molecule has 3 aromatic carbocycles. The summed E-state index contributed by atoms with van der Waals surface area (Å²) in [7, 11) is 0. The number of nitrogens with one attached hydrogen (secondary N) is 1. The summed E-state index contributed by atoms with van der Waals surface area (Å²) in [6.07, 6.45) is 0. The zero-order chi connectivity index (χ0) is 19.9. The van der Waals surface area contributed by atoms with E-state index in [4.69, 9.17) is 16.3 Å². The van der Waals surface area contributed by atoms with Crippen molar-refractivity contribution in [2.24, 2.45) is 0 Å². The molecule has 0 bridgehead atoms. The minimum atomic E-state index is -0.534. The van der Waals surface area contributed by atoms with Crippen molar-refractivity contribution in [2.75, 3.05) is 6.61 Å². The maximum absolute atomic E-state index is 12.5. The number of amides is 1. The summed E-state index contributed by atoms with van der Waals surface area (Å²) in [5, 5.41) is 3.44. The van der Waals surface area contributed by atoms with Crippen molar-refractivity contribution in [3.63, 3.8) is 0 Å². The van der Waals surface area contributed by atoms with Gasteiger partial charge in [-0.05, 0) is 41.8 Å². The standard InChI is InChI=1S/C23H20ClNO3/c1-16(17-11-13-19(24)14-12-17)25-22(26)15-28-23(27)21-10-6-5-9-20(21)18-7-3-2-4-8-18/h2-14,16H,15H2,1H3,(H,25,26)/t16-/m1/s1. The molecule has 3 rings (SSSR count). The molecule has 4 nitrogen and oxygen atoms in total. The molecule has 0 aromatic heterocycles. The topological polar surface area (TPSA) is 55.4 Å². The molecule has 0 fully saturated rings. The molecule has 5 heteroatoms. The van der Waals surface area contributed by atoms with Gasteiger partial charge >= 0.3 is 5.97 Å². The highest BCUT2D eigenvalue weighted by Crippen LogP contribution is 2.24. The third-order valence-electron chi connectivity index (χ3n) is 4.31. The van der Waals surface area contributed by atoms with Gasteiger partial charge in [0.25, 0.3) is 5.91 Å². The van der Waals surface area contributed by atoms with Crippen LogP contribution in [0.5, 0.6) is 0 Å². The molecular weight excluding hydrogens is 374 g/mol. The average molecular weight is 394 g/mol. The monoisotopic (exact) mass is 393 g/mol. The molecule has 0 aliphatic rings. The molecule has 1 atom stereocenters. The van der Waals surface area contributed by atoms with E-state index in [1.54, 1.807) is 24.3 Å². The van der Waals surface area contributed by atoms with Gasteiger partial charge in [-0.25, -0.2) is 4.79 Å². The molecule has 142 valence electrons. The van der Waals surface area contributed by atoms with Gasteiger partial charge in [0.15, 0.2) is 6.61 Å². The molecule has 0 unspecified atom stereocenters. The first kappa shape index (κ1) is 19.6. The first-order valence-corrected chi connectivity index (χ1v) is 9.29. The van der Waals surface area contributed by atoms with Crippen molar-refractivity contribution in [2.45, 2.75) is 13.0 Å². The van der Waals surface area contributed by atoms with Crippen LogP contribution in [0.25, 0.3) is 11.1 Å². The number of halogens is 1. The molecule has 0 heterocycles. The second-order valence-corrected chi connectivity index (χ2v) is 6.76. The van der Waals surface area contributed by atoms with E-state index in [-0.39, 0.29) is 18.6 Å². The van der Waals surface area contributed by atoms with E-state index in [0.717, 1.165) is 16.7 Å². The molecule has 0 aliphatic heterocycles. The highest BCUT2D eigenvalue weighted by Gasteiger charge is 2.16. The highest BCUT2D eigenvalue weighted by molar-refractivity contribution is 6.30. The lowest BCUT2D eigenvalue weighted by atomic mass is 10.00. The smallest absolute Gasteiger partial charge is 0.339 e. The van der Waals surface area contributed by atoms with Crippen molar-refractivity contribution < 1.29 is 14.3 Å². The summed E-state index contributed by atoms with van der Waals surface area (Å²) in [5.41, 5.74) is 3.02.